The number of hydrogen-bond acceptors (Lipinski definition) is 2. The van der Waals surface area contributed by atoms with E-state index in [4.69, 9.17) is 17.3 Å². The summed E-state index contributed by atoms with van der Waals surface area (Å²) in [6.45, 7) is 4.10. The third-order valence-electron chi connectivity index (χ3n) is 2.20. The van der Waals surface area contributed by atoms with E-state index in [9.17, 15) is 0 Å². The summed E-state index contributed by atoms with van der Waals surface area (Å²) in [7, 11) is 0. The number of nitrogens with zero attached hydrogens (tertiary/aromatic N) is 2. The van der Waals surface area contributed by atoms with Crippen LogP contribution < -0.4 is 5.73 Å². The molecule has 14 heavy (non-hydrogen) atoms. The highest BCUT2D eigenvalue weighted by Crippen LogP contribution is 2.29. The van der Waals surface area contributed by atoms with Crippen LogP contribution in [0.25, 0.3) is 10.9 Å². The van der Waals surface area contributed by atoms with Gasteiger partial charge in [-0.25, -0.2) is 0 Å². The van der Waals surface area contributed by atoms with Gasteiger partial charge in [-0.1, -0.05) is 17.7 Å². The Kier molecular flexibility index (Phi) is 2.11. The molecule has 0 spiro atoms. The van der Waals surface area contributed by atoms with E-state index in [2.05, 4.69) is 18.9 Å². The number of aromatic nitrogens is 2. The van der Waals surface area contributed by atoms with Crippen molar-refractivity contribution in [3.05, 3.63) is 23.4 Å². The van der Waals surface area contributed by atoms with Crippen LogP contribution in [0.3, 0.4) is 0 Å². The molecule has 0 amide bonds. The second-order valence-electron chi connectivity index (χ2n) is 3.57. The number of para-hydroxylation sites is 1. The molecule has 2 aromatic rings. The highest BCUT2D eigenvalue weighted by Gasteiger charge is 2.12. The van der Waals surface area contributed by atoms with Crippen LogP contribution in [0, 0.1) is 0 Å². The Morgan fingerprint density at radius 1 is 1.43 bits per heavy atom. The van der Waals surface area contributed by atoms with E-state index >= 15 is 0 Å². The molecule has 3 nitrogen and oxygen atoms in total. The largest absolute Gasteiger partial charge is 0.397 e. The van der Waals surface area contributed by atoms with Crippen molar-refractivity contribution in [1.29, 1.82) is 0 Å². The van der Waals surface area contributed by atoms with Crippen LogP contribution in [-0.2, 0) is 0 Å². The van der Waals surface area contributed by atoms with Crippen LogP contribution in [-0.4, -0.2) is 9.78 Å². The normalized spacial score (nSPS) is 11.4. The zero-order chi connectivity index (χ0) is 10.3. The molecule has 0 saturated carbocycles. The Labute approximate surface area is 87.5 Å². The number of nitrogens with two attached hydrogens (primary N) is 1. The fourth-order valence-corrected chi connectivity index (χ4v) is 1.79. The van der Waals surface area contributed by atoms with Gasteiger partial charge in [0.1, 0.15) is 0 Å². The lowest BCUT2D eigenvalue weighted by molar-refractivity contribution is 0.551. The standard InChI is InChI=1S/C10H12ClN3/c1-6(2)14-9-7(10(11)13-14)4-3-5-8(9)12/h3-6H,12H2,1-2H3. The molecule has 0 aliphatic rings. The summed E-state index contributed by atoms with van der Waals surface area (Å²) in [5.41, 5.74) is 7.53. The summed E-state index contributed by atoms with van der Waals surface area (Å²) in [6, 6.07) is 5.93. The number of halogens is 1. The zero-order valence-corrected chi connectivity index (χ0v) is 8.92. The molecule has 0 unspecified atom stereocenters. The van der Waals surface area contributed by atoms with Crippen LogP contribution in [0.5, 0.6) is 0 Å². The molecule has 2 N–H and O–H groups in total. The molecule has 0 fully saturated rings. The second kappa shape index (κ2) is 3.17. The lowest BCUT2D eigenvalue weighted by Crippen LogP contribution is -2.03. The third kappa shape index (κ3) is 1.24. The Balaban J connectivity index is 2.86. The lowest BCUT2D eigenvalue weighted by Gasteiger charge is -2.07. The van der Waals surface area contributed by atoms with Crippen LogP contribution >= 0.6 is 11.6 Å². The minimum Gasteiger partial charge on any atom is -0.397 e. The highest BCUT2D eigenvalue weighted by molar-refractivity contribution is 6.34. The first-order chi connectivity index (χ1) is 6.61. The molecule has 74 valence electrons. The Morgan fingerprint density at radius 2 is 2.14 bits per heavy atom. The third-order valence-corrected chi connectivity index (χ3v) is 2.48. The van der Waals surface area contributed by atoms with E-state index in [-0.39, 0.29) is 6.04 Å². The Bertz CT molecular complexity index is 473. The summed E-state index contributed by atoms with van der Waals surface area (Å²) in [4.78, 5) is 0. The van der Waals surface area contributed by atoms with Gasteiger partial charge in [-0.05, 0) is 26.0 Å². The van der Waals surface area contributed by atoms with E-state index in [1.54, 1.807) is 0 Å². The predicted octanol–water partition coefficient (Wildman–Crippen LogP) is 2.85. The van der Waals surface area contributed by atoms with E-state index < -0.39 is 0 Å². The Morgan fingerprint density at radius 3 is 2.79 bits per heavy atom. The minimum absolute atomic E-state index is 0.259. The van der Waals surface area contributed by atoms with Gasteiger partial charge in [0.15, 0.2) is 5.15 Å². The first-order valence-corrected chi connectivity index (χ1v) is 4.91. The number of nitrogen functional groups attached to an aromatic ring is 1. The summed E-state index contributed by atoms with van der Waals surface area (Å²) in [6.07, 6.45) is 0. The number of benzene rings is 1. The highest BCUT2D eigenvalue weighted by atomic mass is 35.5. The molecule has 0 bridgehead atoms. The summed E-state index contributed by atoms with van der Waals surface area (Å²) in [5.74, 6) is 0. The molecule has 0 aliphatic heterocycles. The van der Waals surface area contributed by atoms with Crippen molar-refractivity contribution in [3.8, 4) is 0 Å². The molecule has 0 atom stereocenters. The van der Waals surface area contributed by atoms with E-state index in [0.29, 0.717) is 5.15 Å². The van der Waals surface area contributed by atoms with Gasteiger partial charge in [0, 0.05) is 11.4 Å². The molecule has 0 saturated heterocycles. The molecular formula is C10H12ClN3. The van der Waals surface area contributed by atoms with Crippen LogP contribution in [0.4, 0.5) is 5.69 Å². The molecule has 1 aromatic heterocycles. The topological polar surface area (TPSA) is 43.8 Å². The van der Waals surface area contributed by atoms with Gasteiger partial charge in [-0.3, -0.25) is 4.68 Å². The van der Waals surface area contributed by atoms with Gasteiger partial charge >= 0.3 is 0 Å². The first-order valence-electron chi connectivity index (χ1n) is 4.53. The van der Waals surface area contributed by atoms with Crippen molar-refractivity contribution in [3.63, 3.8) is 0 Å². The maximum atomic E-state index is 6.01. The molecule has 1 aromatic carbocycles. The van der Waals surface area contributed by atoms with Gasteiger partial charge < -0.3 is 5.73 Å². The van der Waals surface area contributed by atoms with Crippen molar-refractivity contribution >= 4 is 28.2 Å². The van der Waals surface area contributed by atoms with Gasteiger partial charge in [-0.15, -0.1) is 0 Å². The number of fused-ring (bicyclic) bond motifs is 1. The van der Waals surface area contributed by atoms with Crippen molar-refractivity contribution in [2.45, 2.75) is 19.9 Å². The molecule has 4 heteroatoms. The summed E-state index contributed by atoms with van der Waals surface area (Å²) < 4.78 is 1.85. The predicted molar refractivity (Wildman–Crippen MR) is 59.5 cm³/mol. The van der Waals surface area contributed by atoms with Crippen molar-refractivity contribution in [2.24, 2.45) is 0 Å². The van der Waals surface area contributed by atoms with Crippen molar-refractivity contribution in [1.82, 2.24) is 9.78 Å². The van der Waals surface area contributed by atoms with E-state index in [1.165, 1.54) is 0 Å². The maximum Gasteiger partial charge on any atom is 0.159 e. The van der Waals surface area contributed by atoms with Crippen molar-refractivity contribution < 1.29 is 0 Å². The molecule has 2 rings (SSSR count). The van der Waals surface area contributed by atoms with E-state index in [0.717, 1.165) is 16.6 Å². The molecule has 0 aliphatic carbocycles. The molecule has 1 heterocycles. The number of anilines is 1. The monoisotopic (exact) mass is 209 g/mol. The number of rotatable bonds is 1. The smallest absolute Gasteiger partial charge is 0.159 e. The van der Waals surface area contributed by atoms with Gasteiger partial charge in [-0.2, -0.15) is 5.10 Å². The van der Waals surface area contributed by atoms with Crippen LogP contribution in [0.1, 0.15) is 19.9 Å². The minimum atomic E-state index is 0.259. The summed E-state index contributed by atoms with van der Waals surface area (Å²) >= 11 is 6.01. The van der Waals surface area contributed by atoms with Gasteiger partial charge in [0.05, 0.1) is 11.2 Å². The second-order valence-corrected chi connectivity index (χ2v) is 3.93. The average molecular weight is 210 g/mol. The van der Waals surface area contributed by atoms with Crippen LogP contribution in [0.2, 0.25) is 5.15 Å². The SMILES string of the molecule is CC(C)n1nc(Cl)c2cccc(N)c21. The molecular weight excluding hydrogens is 198 g/mol. The van der Waals surface area contributed by atoms with E-state index in [1.807, 2.05) is 22.9 Å². The number of hydrogen-bond donors (Lipinski definition) is 1. The van der Waals surface area contributed by atoms with Gasteiger partial charge in [0.25, 0.3) is 0 Å². The average Bonchev–Trinajstić information content (AvgIpc) is 2.46. The summed E-state index contributed by atoms with van der Waals surface area (Å²) in [5, 5.41) is 5.68. The quantitative estimate of drug-likeness (QED) is 0.734. The first kappa shape index (κ1) is 9.34. The Hall–Kier alpha value is -1.22. The molecule has 0 radical (unpaired) electrons. The zero-order valence-electron chi connectivity index (χ0n) is 8.16. The van der Waals surface area contributed by atoms with Crippen molar-refractivity contribution in [2.75, 3.05) is 5.73 Å². The lowest BCUT2D eigenvalue weighted by atomic mass is 10.2. The fourth-order valence-electron chi connectivity index (χ4n) is 1.56. The van der Waals surface area contributed by atoms with Gasteiger partial charge in [0.2, 0.25) is 0 Å². The maximum absolute atomic E-state index is 6.01. The fraction of sp³-hybridized carbons (Fsp3) is 0.300. The van der Waals surface area contributed by atoms with Crippen LogP contribution in [0.15, 0.2) is 18.2 Å².